The minimum Gasteiger partial charge on any atom is -0.467 e. The zero-order chi connectivity index (χ0) is 19.3. The molecule has 1 rings (SSSR count). The fourth-order valence-electron chi connectivity index (χ4n) is 2.00. The molecule has 0 aliphatic rings. The lowest BCUT2D eigenvalue weighted by molar-refractivity contribution is -0.143. The zero-order valence-corrected chi connectivity index (χ0v) is 15.8. The van der Waals surface area contributed by atoms with E-state index < -0.39 is 33.7 Å². The van der Waals surface area contributed by atoms with E-state index in [4.69, 9.17) is 9.47 Å². The minimum atomic E-state index is -3.49. The second kappa shape index (κ2) is 8.19. The molecule has 0 unspecified atom stereocenters. The summed E-state index contributed by atoms with van der Waals surface area (Å²) in [5.41, 5.74) is 0.129. The summed E-state index contributed by atoms with van der Waals surface area (Å²) in [5.74, 6) is -0.667. The number of esters is 1. The van der Waals surface area contributed by atoms with Gasteiger partial charge >= 0.3 is 12.1 Å². The monoisotopic (exact) mass is 372 g/mol. The average molecular weight is 372 g/mol. The summed E-state index contributed by atoms with van der Waals surface area (Å²) in [4.78, 5) is 23.9. The lowest BCUT2D eigenvalue weighted by Gasteiger charge is -2.23. The quantitative estimate of drug-likeness (QED) is 0.735. The molecule has 2 N–H and O–H groups in total. The molecule has 1 aromatic carbocycles. The minimum absolute atomic E-state index is 0.0324. The number of carbonyl (C=O) groups excluding carboxylic acids is 2. The molecule has 1 atom stereocenters. The van der Waals surface area contributed by atoms with Crippen molar-refractivity contribution in [2.75, 3.05) is 18.1 Å². The molecule has 0 aliphatic heterocycles. The number of amides is 1. The number of anilines is 1. The molecule has 0 spiro atoms. The van der Waals surface area contributed by atoms with Crippen LogP contribution in [0.4, 0.5) is 10.5 Å². The van der Waals surface area contributed by atoms with Gasteiger partial charge in [0.25, 0.3) is 0 Å². The smallest absolute Gasteiger partial charge is 0.408 e. The van der Waals surface area contributed by atoms with E-state index in [9.17, 15) is 18.0 Å². The van der Waals surface area contributed by atoms with Crippen molar-refractivity contribution >= 4 is 27.8 Å². The molecule has 0 heterocycles. The number of hydrogen-bond acceptors (Lipinski definition) is 6. The maximum absolute atomic E-state index is 12.0. The largest absolute Gasteiger partial charge is 0.467 e. The predicted molar refractivity (Wildman–Crippen MR) is 93.8 cm³/mol. The van der Waals surface area contributed by atoms with Gasteiger partial charge in [-0.2, -0.15) is 0 Å². The lowest BCUT2D eigenvalue weighted by atomic mass is 10.0. The van der Waals surface area contributed by atoms with Crippen molar-refractivity contribution in [3.05, 3.63) is 29.8 Å². The number of carbonyl (C=O) groups is 2. The Morgan fingerprint density at radius 1 is 1.20 bits per heavy atom. The Balaban J connectivity index is 3.00. The van der Waals surface area contributed by atoms with Gasteiger partial charge in [0.05, 0.1) is 19.1 Å². The molecular weight excluding hydrogens is 348 g/mol. The molecule has 25 heavy (non-hydrogen) atoms. The topological polar surface area (TPSA) is 111 Å². The number of rotatable bonds is 6. The summed E-state index contributed by atoms with van der Waals surface area (Å²) in [6, 6.07) is 5.55. The predicted octanol–water partition coefficient (Wildman–Crippen LogP) is 1.67. The summed E-state index contributed by atoms with van der Waals surface area (Å²) >= 11 is 0. The molecule has 0 aromatic heterocycles. The Bertz CT molecular complexity index is 724. The fraction of sp³-hybridized carbons (Fsp3) is 0.500. The number of para-hydroxylation sites is 1. The average Bonchev–Trinajstić information content (AvgIpc) is 2.44. The highest BCUT2D eigenvalue weighted by molar-refractivity contribution is 7.92. The van der Waals surface area contributed by atoms with Crippen molar-refractivity contribution < 1.29 is 27.5 Å². The number of nitrogens with one attached hydrogen (secondary N) is 2. The van der Waals surface area contributed by atoms with E-state index in [0.717, 1.165) is 6.26 Å². The van der Waals surface area contributed by atoms with Crippen molar-refractivity contribution in [3.8, 4) is 0 Å². The van der Waals surface area contributed by atoms with E-state index in [1.54, 1.807) is 45.0 Å². The molecule has 1 aromatic rings. The first-order valence-electron chi connectivity index (χ1n) is 7.54. The third kappa shape index (κ3) is 7.88. The molecule has 0 saturated carbocycles. The molecule has 1 amide bonds. The highest BCUT2D eigenvalue weighted by atomic mass is 32.2. The Labute approximate surface area is 147 Å². The first-order chi connectivity index (χ1) is 11.4. The first kappa shape index (κ1) is 20.8. The van der Waals surface area contributed by atoms with Gasteiger partial charge in [0.15, 0.2) is 0 Å². The molecule has 9 heteroatoms. The summed E-state index contributed by atoms with van der Waals surface area (Å²) in [6.07, 6.45) is 0.293. The molecule has 0 radical (unpaired) electrons. The van der Waals surface area contributed by atoms with Crippen LogP contribution >= 0.6 is 0 Å². The molecule has 0 bridgehead atoms. The Morgan fingerprint density at radius 3 is 2.32 bits per heavy atom. The Kier molecular flexibility index (Phi) is 6.80. The molecule has 140 valence electrons. The van der Waals surface area contributed by atoms with E-state index in [1.807, 2.05) is 0 Å². The second-order valence-corrected chi connectivity index (χ2v) is 8.21. The molecule has 0 saturated heterocycles. The van der Waals surface area contributed by atoms with Crippen molar-refractivity contribution in [1.29, 1.82) is 0 Å². The number of sulfonamides is 1. The van der Waals surface area contributed by atoms with Crippen molar-refractivity contribution in [2.45, 2.75) is 38.8 Å². The summed E-state index contributed by atoms with van der Waals surface area (Å²) in [6.45, 7) is 5.10. The van der Waals surface area contributed by atoms with Crippen LogP contribution in [0.3, 0.4) is 0 Å². The van der Waals surface area contributed by atoms with Gasteiger partial charge in [-0.05, 0) is 32.4 Å². The van der Waals surface area contributed by atoms with Crippen LogP contribution in [-0.2, 0) is 30.7 Å². The van der Waals surface area contributed by atoms with E-state index in [2.05, 4.69) is 10.0 Å². The number of ether oxygens (including phenoxy) is 2. The van der Waals surface area contributed by atoms with Crippen LogP contribution in [0.15, 0.2) is 24.3 Å². The third-order valence-corrected chi connectivity index (χ3v) is 3.50. The van der Waals surface area contributed by atoms with Crippen molar-refractivity contribution in [1.82, 2.24) is 5.32 Å². The van der Waals surface area contributed by atoms with Crippen LogP contribution in [-0.4, -0.2) is 45.5 Å². The maximum atomic E-state index is 12.0. The second-order valence-electron chi connectivity index (χ2n) is 6.46. The van der Waals surface area contributed by atoms with Crippen molar-refractivity contribution in [3.63, 3.8) is 0 Å². The zero-order valence-electron chi connectivity index (χ0n) is 15.0. The van der Waals surface area contributed by atoms with E-state index >= 15 is 0 Å². The first-order valence-corrected chi connectivity index (χ1v) is 9.43. The molecule has 0 aliphatic carbocycles. The van der Waals surface area contributed by atoms with Crippen LogP contribution in [0.1, 0.15) is 26.3 Å². The summed E-state index contributed by atoms with van der Waals surface area (Å²) in [7, 11) is -2.29. The number of methoxy groups -OCH3 is 1. The third-order valence-electron chi connectivity index (χ3n) is 2.91. The summed E-state index contributed by atoms with van der Waals surface area (Å²) in [5, 5.41) is 2.45. The number of hydrogen-bond donors (Lipinski definition) is 2. The summed E-state index contributed by atoms with van der Waals surface area (Å²) < 4.78 is 35.2. The van der Waals surface area contributed by atoms with Gasteiger partial charge in [-0.15, -0.1) is 0 Å². The van der Waals surface area contributed by atoms with Gasteiger partial charge in [0.1, 0.15) is 11.6 Å². The van der Waals surface area contributed by atoms with Crippen molar-refractivity contribution in [2.24, 2.45) is 0 Å². The highest BCUT2D eigenvalue weighted by Gasteiger charge is 2.26. The van der Waals surface area contributed by atoms with Crippen LogP contribution in [0.5, 0.6) is 0 Å². The maximum Gasteiger partial charge on any atom is 0.408 e. The van der Waals surface area contributed by atoms with Gasteiger partial charge < -0.3 is 14.8 Å². The van der Waals surface area contributed by atoms with E-state index in [0.29, 0.717) is 11.3 Å². The van der Waals surface area contributed by atoms with Crippen LogP contribution in [0.2, 0.25) is 0 Å². The molecule has 8 nitrogen and oxygen atoms in total. The van der Waals surface area contributed by atoms with Gasteiger partial charge in [-0.1, -0.05) is 18.2 Å². The van der Waals surface area contributed by atoms with E-state index in [1.165, 1.54) is 7.11 Å². The van der Waals surface area contributed by atoms with Gasteiger partial charge in [0.2, 0.25) is 10.0 Å². The lowest BCUT2D eigenvalue weighted by Crippen LogP contribution is -2.45. The molecular formula is C16H24N2O6S. The van der Waals surface area contributed by atoms with Crippen LogP contribution in [0, 0.1) is 0 Å². The number of alkyl carbamates (subject to hydrolysis) is 1. The van der Waals surface area contributed by atoms with Gasteiger partial charge in [-0.3, -0.25) is 4.72 Å². The Hall–Kier alpha value is -2.29. The Morgan fingerprint density at radius 2 is 1.80 bits per heavy atom. The fourth-order valence-corrected chi connectivity index (χ4v) is 2.60. The van der Waals surface area contributed by atoms with Gasteiger partial charge in [-0.25, -0.2) is 18.0 Å². The normalized spacial score (nSPS) is 12.8. The SMILES string of the molecule is COC(=O)[C@H](Cc1ccccc1NS(C)(=O)=O)NC(=O)OC(C)(C)C. The standard InChI is InChI=1S/C16H24N2O6S/c1-16(2,3)24-15(20)17-13(14(19)23-4)10-11-8-6-7-9-12(11)18-25(5,21)22/h6-9,13,18H,10H2,1-5H3,(H,17,20)/t13-/m0/s1. The highest BCUT2D eigenvalue weighted by Crippen LogP contribution is 2.19. The van der Waals surface area contributed by atoms with Crippen LogP contribution in [0.25, 0.3) is 0 Å². The van der Waals surface area contributed by atoms with Gasteiger partial charge in [0, 0.05) is 6.42 Å². The van der Waals surface area contributed by atoms with Crippen LogP contribution < -0.4 is 10.0 Å². The molecule has 0 fully saturated rings. The van der Waals surface area contributed by atoms with E-state index in [-0.39, 0.29) is 6.42 Å². The number of benzene rings is 1.